The molecule has 2 aromatic carbocycles. The van der Waals surface area contributed by atoms with Crippen LogP contribution >= 0.6 is 0 Å². The Morgan fingerprint density at radius 2 is 1.90 bits per heavy atom. The third-order valence-corrected chi connectivity index (χ3v) is 8.10. The van der Waals surface area contributed by atoms with Gasteiger partial charge in [-0.2, -0.15) is 13.2 Å². The summed E-state index contributed by atoms with van der Waals surface area (Å²) < 4.78 is 45.7. The summed E-state index contributed by atoms with van der Waals surface area (Å²) in [5.74, 6) is -0.655. The second-order valence-corrected chi connectivity index (χ2v) is 10.7. The molecule has 40 heavy (non-hydrogen) atoms. The molecule has 0 atom stereocenters. The monoisotopic (exact) mass is 558 g/mol. The lowest BCUT2D eigenvalue weighted by atomic mass is 9.76. The van der Waals surface area contributed by atoms with Crippen molar-refractivity contribution in [3.05, 3.63) is 76.3 Å². The van der Waals surface area contributed by atoms with Crippen LogP contribution in [0.25, 0.3) is 16.8 Å². The summed E-state index contributed by atoms with van der Waals surface area (Å²) in [5.41, 5.74) is 0.772. The van der Waals surface area contributed by atoms with Gasteiger partial charge in [0, 0.05) is 31.4 Å². The summed E-state index contributed by atoms with van der Waals surface area (Å²) in [5, 5.41) is 17.2. The van der Waals surface area contributed by atoms with Crippen molar-refractivity contribution in [3.63, 3.8) is 0 Å². The van der Waals surface area contributed by atoms with E-state index < -0.39 is 23.1 Å². The third-order valence-electron chi connectivity index (χ3n) is 8.10. The first-order valence-corrected chi connectivity index (χ1v) is 13.5. The number of hydrogen-bond donors (Lipinski definition) is 3. The molecular formula is C29H33F3N4O4. The standard InChI is InChI=1S/C29H33F3N4O4/c1-3-36-24-14-20(7-8-25(24)40-27(36)38)28(39)11-9-23(10-12-28)35-16-22(17-35)34-26(37)15-33-18(2)19-5-4-6-21(13-19)29(30,31)32/h4-8,13-14,22-23,33,39H,2-3,9-12,15-17H2,1H3,(H,34,37). The molecule has 2 fully saturated rings. The van der Waals surface area contributed by atoms with Gasteiger partial charge in [0.2, 0.25) is 5.91 Å². The van der Waals surface area contributed by atoms with Crippen molar-refractivity contribution in [2.45, 2.75) is 63.0 Å². The predicted molar refractivity (Wildman–Crippen MR) is 144 cm³/mol. The van der Waals surface area contributed by atoms with E-state index in [4.69, 9.17) is 4.42 Å². The quantitative estimate of drug-likeness (QED) is 0.389. The zero-order chi connectivity index (χ0) is 28.7. The van der Waals surface area contributed by atoms with Crippen LogP contribution in [0.5, 0.6) is 0 Å². The number of hydrogen-bond acceptors (Lipinski definition) is 6. The van der Waals surface area contributed by atoms with E-state index in [9.17, 15) is 27.9 Å². The van der Waals surface area contributed by atoms with Gasteiger partial charge in [-0.15, -0.1) is 0 Å². The van der Waals surface area contributed by atoms with Gasteiger partial charge < -0.3 is 20.2 Å². The van der Waals surface area contributed by atoms with Gasteiger partial charge in [-0.1, -0.05) is 24.8 Å². The second kappa shape index (κ2) is 10.8. The Balaban J connectivity index is 1.07. The van der Waals surface area contributed by atoms with E-state index in [-0.39, 0.29) is 29.8 Å². The van der Waals surface area contributed by atoms with Crippen molar-refractivity contribution in [2.24, 2.45) is 0 Å². The number of halogens is 3. The van der Waals surface area contributed by atoms with E-state index in [2.05, 4.69) is 22.1 Å². The molecule has 0 bridgehead atoms. The van der Waals surface area contributed by atoms with Crippen molar-refractivity contribution >= 4 is 22.7 Å². The number of nitrogens with zero attached hydrogens (tertiary/aromatic N) is 2. The molecule has 8 nitrogen and oxygen atoms in total. The molecule has 3 N–H and O–H groups in total. The minimum absolute atomic E-state index is 0.00814. The van der Waals surface area contributed by atoms with E-state index in [1.54, 1.807) is 10.6 Å². The summed E-state index contributed by atoms with van der Waals surface area (Å²) in [7, 11) is 0. The zero-order valence-corrected chi connectivity index (χ0v) is 22.3. The molecule has 1 aliphatic heterocycles. The lowest BCUT2D eigenvalue weighted by Gasteiger charge is -2.48. The second-order valence-electron chi connectivity index (χ2n) is 10.7. The van der Waals surface area contributed by atoms with Gasteiger partial charge in [0.15, 0.2) is 5.58 Å². The number of amides is 1. The van der Waals surface area contributed by atoms with E-state index in [0.29, 0.717) is 49.6 Å². The molecule has 5 rings (SSSR count). The number of carbonyl (C=O) groups is 1. The number of nitrogens with one attached hydrogen (secondary N) is 2. The molecule has 2 heterocycles. The maximum Gasteiger partial charge on any atom is 0.419 e. The van der Waals surface area contributed by atoms with Gasteiger partial charge in [0.05, 0.1) is 29.3 Å². The Bertz CT molecular complexity index is 1460. The number of alkyl halides is 3. The van der Waals surface area contributed by atoms with Crippen LogP contribution < -0.4 is 16.4 Å². The molecule has 0 spiro atoms. The van der Waals surface area contributed by atoms with Crippen LogP contribution in [0.4, 0.5) is 13.2 Å². The van der Waals surface area contributed by atoms with Crippen molar-refractivity contribution in [2.75, 3.05) is 19.6 Å². The molecule has 3 aromatic rings. The Hall–Kier alpha value is -3.57. The minimum atomic E-state index is -4.45. The van der Waals surface area contributed by atoms with Gasteiger partial charge in [-0.05, 0) is 68.0 Å². The molecular weight excluding hydrogens is 525 g/mol. The molecule has 1 saturated carbocycles. The van der Waals surface area contributed by atoms with Gasteiger partial charge >= 0.3 is 11.9 Å². The first-order chi connectivity index (χ1) is 19.0. The molecule has 0 radical (unpaired) electrons. The molecule has 0 unspecified atom stereocenters. The number of aromatic nitrogens is 1. The third kappa shape index (κ3) is 5.66. The molecule has 214 valence electrons. The van der Waals surface area contributed by atoms with Crippen molar-refractivity contribution in [1.82, 2.24) is 20.1 Å². The zero-order valence-electron chi connectivity index (χ0n) is 22.3. The average Bonchev–Trinajstić information content (AvgIpc) is 3.23. The number of benzene rings is 2. The maximum atomic E-state index is 12.9. The Morgan fingerprint density at radius 3 is 2.58 bits per heavy atom. The van der Waals surface area contributed by atoms with Crippen molar-refractivity contribution in [1.29, 1.82) is 0 Å². The van der Waals surface area contributed by atoms with Crippen molar-refractivity contribution in [3.8, 4) is 0 Å². The van der Waals surface area contributed by atoms with E-state index in [1.165, 1.54) is 12.1 Å². The summed E-state index contributed by atoms with van der Waals surface area (Å²) >= 11 is 0. The highest BCUT2D eigenvalue weighted by molar-refractivity contribution is 5.80. The molecule has 1 saturated heterocycles. The minimum Gasteiger partial charge on any atom is -0.408 e. The largest absolute Gasteiger partial charge is 0.419 e. The summed E-state index contributed by atoms with van der Waals surface area (Å²) in [4.78, 5) is 26.7. The SMILES string of the molecule is C=C(NCC(=O)NC1CN(C2CCC(O)(c3ccc4oc(=O)n(CC)c4c3)CC2)C1)c1cccc(C(F)(F)F)c1. The molecule has 11 heteroatoms. The first-order valence-electron chi connectivity index (χ1n) is 13.5. The van der Waals surface area contributed by atoms with Crippen LogP contribution in [0.2, 0.25) is 0 Å². The van der Waals surface area contributed by atoms with Crippen LogP contribution in [-0.2, 0) is 23.1 Å². The molecule has 1 aliphatic carbocycles. The highest BCUT2D eigenvalue weighted by Crippen LogP contribution is 2.40. The fraction of sp³-hybridized carbons (Fsp3) is 0.448. The highest BCUT2D eigenvalue weighted by Gasteiger charge is 2.40. The van der Waals surface area contributed by atoms with Crippen LogP contribution in [0, 0.1) is 0 Å². The van der Waals surface area contributed by atoms with E-state index in [1.807, 2.05) is 19.1 Å². The van der Waals surface area contributed by atoms with Gasteiger partial charge in [0.25, 0.3) is 0 Å². The number of carbonyl (C=O) groups excluding carboxylic acids is 1. The number of aryl methyl sites for hydroxylation is 1. The lowest BCUT2D eigenvalue weighted by molar-refractivity contribution is -0.137. The predicted octanol–water partition coefficient (Wildman–Crippen LogP) is 3.82. The highest BCUT2D eigenvalue weighted by atomic mass is 19.4. The molecule has 1 amide bonds. The number of aliphatic hydroxyl groups is 1. The Morgan fingerprint density at radius 1 is 1.18 bits per heavy atom. The number of oxazole rings is 1. The molecule has 2 aliphatic rings. The summed E-state index contributed by atoms with van der Waals surface area (Å²) in [6.45, 7) is 7.44. The van der Waals surface area contributed by atoms with Crippen LogP contribution in [0.3, 0.4) is 0 Å². The smallest absolute Gasteiger partial charge is 0.408 e. The van der Waals surface area contributed by atoms with Crippen LogP contribution in [0.1, 0.15) is 49.3 Å². The summed E-state index contributed by atoms with van der Waals surface area (Å²) in [6.07, 6.45) is -1.66. The first kappa shape index (κ1) is 28.0. The van der Waals surface area contributed by atoms with Crippen molar-refractivity contribution < 1.29 is 27.5 Å². The Labute approximate surface area is 229 Å². The number of rotatable bonds is 8. The normalized spacial score (nSPS) is 22.2. The van der Waals surface area contributed by atoms with Gasteiger partial charge in [0.1, 0.15) is 0 Å². The fourth-order valence-corrected chi connectivity index (χ4v) is 5.74. The van der Waals surface area contributed by atoms with Gasteiger partial charge in [-0.3, -0.25) is 14.3 Å². The van der Waals surface area contributed by atoms with E-state index in [0.717, 1.165) is 30.5 Å². The van der Waals surface area contributed by atoms with Crippen LogP contribution in [-0.4, -0.2) is 52.2 Å². The van der Waals surface area contributed by atoms with Gasteiger partial charge in [-0.25, -0.2) is 4.79 Å². The average molecular weight is 559 g/mol. The van der Waals surface area contributed by atoms with E-state index >= 15 is 0 Å². The topological polar surface area (TPSA) is 99.7 Å². The number of likely N-dealkylation sites (tertiary alicyclic amines) is 1. The Kier molecular flexibility index (Phi) is 7.54. The summed E-state index contributed by atoms with van der Waals surface area (Å²) in [6, 6.07) is 10.5. The molecule has 1 aromatic heterocycles. The number of fused-ring (bicyclic) bond motifs is 1. The fourth-order valence-electron chi connectivity index (χ4n) is 5.74. The maximum absolute atomic E-state index is 12.9. The lowest BCUT2D eigenvalue weighted by Crippen LogP contribution is -2.63. The van der Waals surface area contributed by atoms with Crippen LogP contribution in [0.15, 0.2) is 58.3 Å².